The molecule has 1 aliphatic carbocycles. The lowest BCUT2D eigenvalue weighted by atomic mass is 10.00. The monoisotopic (exact) mass is 281 g/mol. The molecule has 0 saturated heterocycles. The summed E-state index contributed by atoms with van der Waals surface area (Å²) in [4.78, 5) is 11.1. The summed E-state index contributed by atoms with van der Waals surface area (Å²) < 4.78 is 16.1. The molecule has 1 saturated carbocycles. The van der Waals surface area contributed by atoms with Crippen molar-refractivity contribution in [1.29, 1.82) is 0 Å². The van der Waals surface area contributed by atoms with Crippen molar-refractivity contribution in [2.45, 2.75) is 30.9 Å². The number of carbonyl (C=O) groups is 1. The first-order valence-electron chi connectivity index (χ1n) is 6.39. The number of ether oxygens (including phenoxy) is 3. The molecule has 1 aliphatic rings. The lowest BCUT2D eigenvalue weighted by molar-refractivity contribution is -0.143. The molecule has 6 heteroatoms. The van der Waals surface area contributed by atoms with E-state index in [1.807, 2.05) is 0 Å². The average Bonchev–Trinajstić information content (AvgIpc) is 2.81. The van der Waals surface area contributed by atoms with Gasteiger partial charge in [0.05, 0.1) is 14.2 Å². The van der Waals surface area contributed by atoms with Crippen molar-refractivity contribution >= 4 is 5.97 Å². The lowest BCUT2D eigenvalue weighted by Crippen LogP contribution is -2.46. The zero-order valence-electron chi connectivity index (χ0n) is 11.6. The molecule has 2 atom stereocenters. The second kappa shape index (κ2) is 5.58. The molecule has 1 fully saturated rings. The summed E-state index contributed by atoms with van der Waals surface area (Å²) >= 11 is 0. The first kappa shape index (κ1) is 14.5. The summed E-state index contributed by atoms with van der Waals surface area (Å²) in [5.74, 6) is 0.844. The highest BCUT2D eigenvalue weighted by molar-refractivity contribution is 5.79. The Kier molecular flexibility index (Phi) is 4.04. The van der Waals surface area contributed by atoms with Crippen LogP contribution in [0.2, 0.25) is 0 Å². The largest absolute Gasteiger partial charge is 0.496 e. The Morgan fingerprint density at radius 1 is 1.25 bits per heavy atom. The summed E-state index contributed by atoms with van der Waals surface area (Å²) in [5.41, 5.74) is 4.64. The van der Waals surface area contributed by atoms with Crippen molar-refractivity contribution in [1.82, 2.24) is 0 Å². The molecule has 2 rings (SSSR count). The zero-order chi connectivity index (χ0) is 14.8. The minimum Gasteiger partial charge on any atom is -0.496 e. The van der Waals surface area contributed by atoms with Crippen molar-refractivity contribution in [3.63, 3.8) is 0 Å². The predicted octanol–water partition coefficient (Wildman–Crippen LogP) is 1.42. The Morgan fingerprint density at radius 2 is 1.80 bits per heavy atom. The first-order valence-corrected chi connectivity index (χ1v) is 6.39. The Labute approximate surface area is 117 Å². The smallest absolute Gasteiger partial charge is 0.323 e. The Bertz CT molecular complexity index is 482. The minimum absolute atomic E-state index is 0.215. The molecule has 0 heterocycles. The first-order chi connectivity index (χ1) is 9.46. The average molecular weight is 281 g/mol. The molecule has 110 valence electrons. The Balaban J connectivity index is 2.09. The molecule has 3 N–H and O–H groups in total. The van der Waals surface area contributed by atoms with E-state index in [1.165, 1.54) is 0 Å². The highest BCUT2D eigenvalue weighted by Gasteiger charge is 2.43. The quantitative estimate of drug-likeness (QED) is 0.848. The van der Waals surface area contributed by atoms with Crippen LogP contribution < -0.4 is 19.9 Å². The van der Waals surface area contributed by atoms with Crippen LogP contribution in [0.1, 0.15) is 19.3 Å². The third-order valence-corrected chi connectivity index (χ3v) is 3.56. The summed E-state index contributed by atoms with van der Waals surface area (Å²) in [6.07, 6.45) is 1.10. The number of hydrogen-bond donors (Lipinski definition) is 2. The van der Waals surface area contributed by atoms with E-state index in [4.69, 9.17) is 25.1 Å². The highest BCUT2D eigenvalue weighted by atomic mass is 16.5. The molecule has 0 spiro atoms. The summed E-state index contributed by atoms with van der Waals surface area (Å²) in [5, 5.41) is 9.10. The molecular weight excluding hydrogens is 262 g/mol. The number of aliphatic carboxylic acids is 1. The third-order valence-electron chi connectivity index (χ3n) is 3.56. The highest BCUT2D eigenvalue weighted by Crippen LogP contribution is 2.34. The summed E-state index contributed by atoms with van der Waals surface area (Å²) in [6.45, 7) is 0. The molecule has 0 aliphatic heterocycles. The lowest BCUT2D eigenvalue weighted by Gasteiger charge is -2.19. The van der Waals surface area contributed by atoms with Gasteiger partial charge in [0.1, 0.15) is 28.9 Å². The van der Waals surface area contributed by atoms with Gasteiger partial charge in [-0.2, -0.15) is 0 Å². The van der Waals surface area contributed by atoms with Crippen molar-refractivity contribution in [3.05, 3.63) is 18.2 Å². The minimum atomic E-state index is -1.19. The van der Waals surface area contributed by atoms with Gasteiger partial charge in [-0.15, -0.1) is 0 Å². The van der Waals surface area contributed by atoms with Crippen LogP contribution in [-0.2, 0) is 4.79 Å². The predicted molar refractivity (Wildman–Crippen MR) is 72.4 cm³/mol. The van der Waals surface area contributed by atoms with Crippen molar-refractivity contribution < 1.29 is 24.1 Å². The van der Waals surface area contributed by atoms with Crippen LogP contribution >= 0.6 is 0 Å². The maximum absolute atomic E-state index is 11.1. The van der Waals surface area contributed by atoms with Crippen molar-refractivity contribution in [3.8, 4) is 17.2 Å². The molecule has 2 unspecified atom stereocenters. The number of nitrogens with two attached hydrogens (primary N) is 1. The van der Waals surface area contributed by atoms with Crippen LogP contribution in [0.25, 0.3) is 0 Å². The molecule has 1 aromatic carbocycles. The number of benzene rings is 1. The zero-order valence-corrected chi connectivity index (χ0v) is 11.6. The summed E-state index contributed by atoms with van der Waals surface area (Å²) in [6, 6.07) is 5.21. The van der Waals surface area contributed by atoms with E-state index < -0.39 is 11.5 Å². The van der Waals surface area contributed by atoms with Crippen molar-refractivity contribution in [2.75, 3.05) is 14.2 Å². The number of rotatable bonds is 5. The van der Waals surface area contributed by atoms with E-state index in [-0.39, 0.29) is 6.10 Å². The fourth-order valence-corrected chi connectivity index (χ4v) is 2.37. The second-order valence-corrected chi connectivity index (χ2v) is 4.99. The van der Waals surface area contributed by atoms with E-state index in [9.17, 15) is 4.79 Å². The second-order valence-electron chi connectivity index (χ2n) is 4.99. The van der Waals surface area contributed by atoms with Gasteiger partial charge in [-0.05, 0) is 12.8 Å². The van der Waals surface area contributed by atoms with Gasteiger partial charge in [-0.25, -0.2) is 0 Å². The van der Waals surface area contributed by atoms with Crippen LogP contribution in [0.5, 0.6) is 17.2 Å². The summed E-state index contributed by atoms with van der Waals surface area (Å²) in [7, 11) is 3.12. The fraction of sp³-hybridized carbons (Fsp3) is 0.500. The van der Waals surface area contributed by atoms with Crippen LogP contribution in [0, 0.1) is 0 Å². The van der Waals surface area contributed by atoms with E-state index in [2.05, 4.69) is 0 Å². The van der Waals surface area contributed by atoms with Gasteiger partial charge in [-0.1, -0.05) is 0 Å². The molecule has 0 radical (unpaired) electrons. The van der Waals surface area contributed by atoms with E-state index in [0.29, 0.717) is 36.5 Å². The third kappa shape index (κ3) is 2.96. The van der Waals surface area contributed by atoms with Gasteiger partial charge < -0.3 is 25.1 Å². The Hall–Kier alpha value is -1.95. The van der Waals surface area contributed by atoms with Gasteiger partial charge >= 0.3 is 5.97 Å². The number of carboxylic acids is 1. The number of hydrogen-bond acceptors (Lipinski definition) is 5. The topological polar surface area (TPSA) is 91.0 Å². The standard InChI is InChI=1S/C14H19NO5/c1-18-10-5-11(19-2)7-12(6-10)20-9-3-4-14(15,8-9)13(16)17/h5-7,9H,3-4,8,15H2,1-2H3,(H,16,17). The number of methoxy groups -OCH3 is 2. The van der Waals surface area contributed by atoms with Gasteiger partial charge in [0, 0.05) is 24.6 Å². The molecular formula is C14H19NO5. The van der Waals surface area contributed by atoms with Crippen LogP contribution in [-0.4, -0.2) is 36.9 Å². The maximum Gasteiger partial charge on any atom is 0.323 e. The fourth-order valence-electron chi connectivity index (χ4n) is 2.37. The number of carboxylic acid groups (broad SMARTS) is 1. The van der Waals surface area contributed by atoms with Crippen molar-refractivity contribution in [2.24, 2.45) is 5.73 Å². The van der Waals surface area contributed by atoms with Gasteiger partial charge in [0.2, 0.25) is 0 Å². The van der Waals surface area contributed by atoms with Crippen LogP contribution in [0.15, 0.2) is 18.2 Å². The normalized spacial score (nSPS) is 25.2. The molecule has 1 aromatic rings. The molecule has 0 amide bonds. The SMILES string of the molecule is COc1cc(OC)cc(OC2CCC(N)(C(=O)O)C2)c1. The van der Waals surface area contributed by atoms with Gasteiger partial charge in [0.15, 0.2) is 0 Å². The maximum atomic E-state index is 11.1. The van der Waals surface area contributed by atoms with Gasteiger partial charge in [0.25, 0.3) is 0 Å². The van der Waals surface area contributed by atoms with E-state index >= 15 is 0 Å². The van der Waals surface area contributed by atoms with E-state index in [1.54, 1.807) is 32.4 Å². The Morgan fingerprint density at radius 3 is 2.25 bits per heavy atom. The molecule has 20 heavy (non-hydrogen) atoms. The van der Waals surface area contributed by atoms with E-state index in [0.717, 1.165) is 0 Å². The molecule has 0 bridgehead atoms. The van der Waals surface area contributed by atoms with Gasteiger partial charge in [-0.3, -0.25) is 4.79 Å². The van der Waals surface area contributed by atoms with Crippen LogP contribution in [0.4, 0.5) is 0 Å². The van der Waals surface area contributed by atoms with Crippen LogP contribution in [0.3, 0.4) is 0 Å². The molecule has 6 nitrogen and oxygen atoms in total. The molecule has 0 aromatic heterocycles.